The number of carbonyl (C=O) groups excluding carboxylic acids is 1. The van der Waals surface area contributed by atoms with Gasteiger partial charge in [0.25, 0.3) is 0 Å². The lowest BCUT2D eigenvalue weighted by Crippen LogP contribution is -2.28. The lowest BCUT2D eigenvalue weighted by atomic mass is 9.85. The van der Waals surface area contributed by atoms with Crippen LogP contribution in [0, 0.1) is 11.8 Å². The van der Waals surface area contributed by atoms with Crippen molar-refractivity contribution in [2.75, 3.05) is 0 Å². The van der Waals surface area contributed by atoms with Gasteiger partial charge in [0, 0.05) is 0 Å². The van der Waals surface area contributed by atoms with Crippen molar-refractivity contribution in [3.05, 3.63) is 0 Å². The summed E-state index contributed by atoms with van der Waals surface area (Å²) in [7, 11) is 0. The van der Waals surface area contributed by atoms with Crippen LogP contribution in [0.15, 0.2) is 0 Å². The van der Waals surface area contributed by atoms with Crippen molar-refractivity contribution in [3.63, 3.8) is 0 Å². The van der Waals surface area contributed by atoms with Crippen LogP contribution in [0.3, 0.4) is 0 Å². The van der Waals surface area contributed by atoms with Crippen molar-refractivity contribution >= 4 is 5.97 Å². The van der Waals surface area contributed by atoms with Gasteiger partial charge < -0.3 is 4.74 Å². The number of esters is 1. The topological polar surface area (TPSA) is 26.3 Å². The van der Waals surface area contributed by atoms with Crippen molar-refractivity contribution in [1.82, 2.24) is 0 Å². The predicted octanol–water partition coefficient (Wildman–Crippen LogP) is 2.13. The number of rotatable bonds is 2. The van der Waals surface area contributed by atoms with Crippen LogP contribution in [0.25, 0.3) is 0 Å². The molecule has 0 aromatic heterocycles. The summed E-state index contributed by atoms with van der Waals surface area (Å²) in [4.78, 5) is 11.4. The second-order valence-corrected chi connectivity index (χ2v) is 4.47. The predicted molar refractivity (Wildman–Crippen MR) is 45.6 cm³/mol. The molecule has 2 aliphatic rings. The van der Waals surface area contributed by atoms with Gasteiger partial charge in [-0.25, -0.2) is 0 Å². The van der Waals surface area contributed by atoms with E-state index in [4.69, 9.17) is 4.74 Å². The molecule has 12 heavy (non-hydrogen) atoms. The maximum Gasteiger partial charge on any atom is 0.309 e. The number of carbonyl (C=O) groups is 1. The van der Waals surface area contributed by atoms with E-state index >= 15 is 0 Å². The zero-order chi connectivity index (χ0) is 8.77. The molecule has 0 bridgehead atoms. The summed E-state index contributed by atoms with van der Waals surface area (Å²) in [5.74, 6) is 0.851. The molecular weight excluding hydrogens is 152 g/mol. The summed E-state index contributed by atoms with van der Waals surface area (Å²) in [6, 6.07) is 0. The summed E-state index contributed by atoms with van der Waals surface area (Å²) in [6.45, 7) is 4.17. The largest absolute Gasteiger partial charge is 0.459 e. The Hall–Kier alpha value is -0.530. The standard InChI is InChI=1S/C10H16O2/c1-7-6-10(7,2)12-9(11)8-4-3-5-8/h7-8H,3-6H2,1-2H3. The van der Waals surface area contributed by atoms with Crippen LogP contribution in [-0.2, 0) is 9.53 Å². The van der Waals surface area contributed by atoms with Crippen LogP contribution in [0.4, 0.5) is 0 Å². The van der Waals surface area contributed by atoms with Crippen LogP contribution >= 0.6 is 0 Å². The first kappa shape index (κ1) is 8.09. The summed E-state index contributed by atoms with van der Waals surface area (Å²) in [6.07, 6.45) is 4.34. The molecule has 2 heteroatoms. The Labute approximate surface area is 73.3 Å². The van der Waals surface area contributed by atoms with Gasteiger partial charge in [-0.15, -0.1) is 0 Å². The molecule has 2 unspecified atom stereocenters. The van der Waals surface area contributed by atoms with Gasteiger partial charge in [0.2, 0.25) is 0 Å². The van der Waals surface area contributed by atoms with E-state index < -0.39 is 0 Å². The Morgan fingerprint density at radius 1 is 1.50 bits per heavy atom. The molecule has 0 aromatic rings. The van der Waals surface area contributed by atoms with E-state index in [0.717, 1.165) is 19.3 Å². The molecule has 0 heterocycles. The van der Waals surface area contributed by atoms with E-state index in [0.29, 0.717) is 5.92 Å². The molecule has 2 saturated carbocycles. The number of hydrogen-bond acceptors (Lipinski definition) is 2. The molecule has 2 nitrogen and oxygen atoms in total. The van der Waals surface area contributed by atoms with Gasteiger partial charge in [-0.2, -0.15) is 0 Å². The highest BCUT2D eigenvalue weighted by molar-refractivity contribution is 5.74. The molecule has 2 aliphatic carbocycles. The molecule has 0 spiro atoms. The summed E-state index contributed by atoms with van der Waals surface area (Å²) >= 11 is 0. The first-order chi connectivity index (χ1) is 5.62. The quantitative estimate of drug-likeness (QED) is 0.590. The molecule has 0 amide bonds. The van der Waals surface area contributed by atoms with Crippen LogP contribution in [0.5, 0.6) is 0 Å². The maximum atomic E-state index is 11.4. The highest BCUT2D eigenvalue weighted by Gasteiger charge is 2.51. The van der Waals surface area contributed by atoms with Crippen LogP contribution in [0.1, 0.15) is 39.5 Å². The van der Waals surface area contributed by atoms with Gasteiger partial charge in [-0.3, -0.25) is 4.79 Å². The summed E-state index contributed by atoms with van der Waals surface area (Å²) in [5, 5.41) is 0. The van der Waals surface area contributed by atoms with Crippen molar-refractivity contribution in [1.29, 1.82) is 0 Å². The molecule has 68 valence electrons. The minimum absolute atomic E-state index is 0.0492. The molecule has 2 rings (SSSR count). The Morgan fingerprint density at radius 2 is 2.08 bits per heavy atom. The fourth-order valence-electron chi connectivity index (χ4n) is 1.65. The van der Waals surface area contributed by atoms with Gasteiger partial charge in [-0.1, -0.05) is 13.3 Å². The molecule has 0 saturated heterocycles. The van der Waals surface area contributed by atoms with Gasteiger partial charge in [0.15, 0.2) is 0 Å². The van der Waals surface area contributed by atoms with E-state index in [-0.39, 0.29) is 17.5 Å². The highest BCUT2D eigenvalue weighted by atomic mass is 16.6. The van der Waals surface area contributed by atoms with Crippen LogP contribution in [-0.4, -0.2) is 11.6 Å². The van der Waals surface area contributed by atoms with Crippen molar-refractivity contribution in [2.24, 2.45) is 11.8 Å². The van der Waals surface area contributed by atoms with E-state index in [1.54, 1.807) is 0 Å². The third-order valence-electron chi connectivity index (χ3n) is 3.37. The zero-order valence-electron chi connectivity index (χ0n) is 7.80. The average Bonchev–Trinajstić information content (AvgIpc) is 2.33. The molecule has 0 N–H and O–H groups in total. The van der Waals surface area contributed by atoms with Crippen molar-refractivity contribution < 1.29 is 9.53 Å². The van der Waals surface area contributed by atoms with Gasteiger partial charge >= 0.3 is 5.97 Å². The lowest BCUT2D eigenvalue weighted by Gasteiger charge is -2.25. The van der Waals surface area contributed by atoms with Crippen molar-refractivity contribution in [3.8, 4) is 0 Å². The molecule has 0 radical (unpaired) electrons. The fraction of sp³-hybridized carbons (Fsp3) is 0.900. The normalized spacial score (nSPS) is 40.3. The summed E-state index contributed by atoms with van der Waals surface area (Å²) < 4.78 is 5.43. The third kappa shape index (κ3) is 1.23. The fourth-order valence-corrected chi connectivity index (χ4v) is 1.65. The monoisotopic (exact) mass is 168 g/mol. The Balaban J connectivity index is 1.82. The highest BCUT2D eigenvalue weighted by Crippen LogP contribution is 2.47. The third-order valence-corrected chi connectivity index (χ3v) is 3.37. The smallest absolute Gasteiger partial charge is 0.309 e. The first-order valence-corrected chi connectivity index (χ1v) is 4.85. The first-order valence-electron chi connectivity index (χ1n) is 4.85. The minimum Gasteiger partial charge on any atom is -0.459 e. The Kier molecular flexibility index (Phi) is 1.67. The number of ether oxygens (including phenoxy) is 1. The van der Waals surface area contributed by atoms with E-state index in [1.807, 2.05) is 6.92 Å². The van der Waals surface area contributed by atoms with E-state index in [9.17, 15) is 4.79 Å². The second kappa shape index (κ2) is 2.48. The maximum absolute atomic E-state index is 11.4. The number of hydrogen-bond donors (Lipinski definition) is 0. The van der Waals surface area contributed by atoms with Crippen molar-refractivity contribution in [2.45, 2.75) is 45.1 Å². The Morgan fingerprint density at radius 3 is 2.42 bits per heavy atom. The second-order valence-electron chi connectivity index (χ2n) is 4.47. The lowest BCUT2D eigenvalue weighted by molar-refractivity contribution is -0.158. The van der Waals surface area contributed by atoms with Gasteiger partial charge in [0.05, 0.1) is 5.92 Å². The van der Waals surface area contributed by atoms with E-state index in [1.165, 1.54) is 6.42 Å². The van der Waals surface area contributed by atoms with E-state index in [2.05, 4.69) is 6.92 Å². The summed E-state index contributed by atoms with van der Waals surface area (Å²) in [5.41, 5.74) is -0.104. The molecule has 2 fully saturated rings. The molecule has 0 aliphatic heterocycles. The van der Waals surface area contributed by atoms with Crippen LogP contribution in [0.2, 0.25) is 0 Å². The van der Waals surface area contributed by atoms with Crippen LogP contribution < -0.4 is 0 Å². The molecule has 2 atom stereocenters. The zero-order valence-corrected chi connectivity index (χ0v) is 7.80. The minimum atomic E-state index is -0.104. The Bertz CT molecular complexity index is 208. The molecule has 0 aromatic carbocycles. The van der Waals surface area contributed by atoms with Gasteiger partial charge in [0.1, 0.15) is 5.60 Å². The average molecular weight is 168 g/mol. The SMILES string of the molecule is CC1CC1(C)OC(=O)C1CCC1. The molecular formula is C10H16O2. The van der Waals surface area contributed by atoms with Gasteiger partial charge in [-0.05, 0) is 32.1 Å².